The zero-order chi connectivity index (χ0) is 42.1. The summed E-state index contributed by atoms with van der Waals surface area (Å²) in [7, 11) is 4.59. The fraction of sp³-hybridized carbons (Fsp3) is 0.245. The Balaban J connectivity index is 1.12. The third-order valence-corrected chi connectivity index (χ3v) is 10.7. The van der Waals surface area contributed by atoms with E-state index in [9.17, 15) is 19.5 Å². The number of anilines is 1. The number of Topliss-reactive ketones (excluding diaryl/α,β-unsaturated/α-hetero) is 2. The molecule has 1 aliphatic heterocycles. The zero-order valence-electron chi connectivity index (χ0n) is 34.0. The molecule has 1 unspecified atom stereocenters. The molecule has 0 saturated heterocycles. The van der Waals surface area contributed by atoms with Crippen LogP contribution in [0.25, 0.3) is 17.2 Å². The molecule has 10 heteroatoms. The zero-order valence-corrected chi connectivity index (χ0v) is 34.0. The first-order valence-corrected chi connectivity index (χ1v) is 19.6. The molecular formula is C49H51N3O7. The fourth-order valence-corrected chi connectivity index (χ4v) is 7.61. The van der Waals surface area contributed by atoms with Crippen molar-refractivity contribution in [2.24, 2.45) is 0 Å². The van der Waals surface area contributed by atoms with Gasteiger partial charge in [0.25, 0.3) is 0 Å². The van der Waals surface area contributed by atoms with Gasteiger partial charge in [0.15, 0.2) is 34.6 Å². The van der Waals surface area contributed by atoms with E-state index in [2.05, 4.69) is 16.8 Å². The van der Waals surface area contributed by atoms with Gasteiger partial charge in [-0.25, -0.2) is 0 Å². The minimum atomic E-state index is -0.218. The molecule has 0 saturated carbocycles. The number of fused-ring (bicyclic) bond motifs is 1. The lowest BCUT2D eigenvalue weighted by Gasteiger charge is -2.38. The molecule has 1 heterocycles. The van der Waals surface area contributed by atoms with Crippen LogP contribution in [0, 0.1) is 6.92 Å². The number of amides is 1. The van der Waals surface area contributed by atoms with E-state index in [0.29, 0.717) is 71.3 Å². The van der Waals surface area contributed by atoms with Crippen LogP contribution in [0.15, 0.2) is 110 Å². The van der Waals surface area contributed by atoms with Gasteiger partial charge in [0.05, 0.1) is 21.3 Å². The van der Waals surface area contributed by atoms with Gasteiger partial charge in [0, 0.05) is 61.8 Å². The Hall–Kier alpha value is -6.65. The molecule has 4 N–H and O–H groups in total. The highest BCUT2D eigenvalue weighted by atomic mass is 16.5. The molecule has 5 aromatic carbocycles. The number of rotatable bonds is 17. The van der Waals surface area contributed by atoms with Crippen molar-refractivity contribution in [2.75, 3.05) is 40.2 Å². The summed E-state index contributed by atoms with van der Waals surface area (Å²) < 4.78 is 16.3. The lowest BCUT2D eigenvalue weighted by atomic mass is 9.87. The number of para-hydroxylation sites is 1. The highest BCUT2D eigenvalue weighted by Crippen LogP contribution is 2.39. The predicted molar refractivity (Wildman–Crippen MR) is 233 cm³/mol. The first kappa shape index (κ1) is 42.0. The lowest BCUT2D eigenvalue weighted by molar-refractivity contribution is -0.122. The minimum absolute atomic E-state index is 0.00758. The number of phenols is 1. The maximum Gasteiger partial charge on any atom is 0.221 e. The van der Waals surface area contributed by atoms with Crippen molar-refractivity contribution in [3.8, 4) is 23.0 Å². The highest BCUT2D eigenvalue weighted by Gasteiger charge is 2.31. The van der Waals surface area contributed by atoms with Gasteiger partial charge in [0.1, 0.15) is 0 Å². The molecule has 6 rings (SSSR count). The van der Waals surface area contributed by atoms with Crippen molar-refractivity contribution in [1.29, 1.82) is 0 Å². The average Bonchev–Trinajstić information content (AvgIpc) is 3.23. The van der Waals surface area contributed by atoms with E-state index < -0.39 is 0 Å². The molecule has 0 spiro atoms. The van der Waals surface area contributed by atoms with Crippen LogP contribution >= 0.6 is 0 Å². The number of ketones is 2. The largest absolute Gasteiger partial charge is 0.504 e. The number of phenolic OH excluding ortho intramolecular Hbond substituents is 1. The number of hydrogen-bond donors (Lipinski definition) is 3. The van der Waals surface area contributed by atoms with Crippen molar-refractivity contribution in [1.82, 2.24) is 10.2 Å². The summed E-state index contributed by atoms with van der Waals surface area (Å²) in [6.45, 7) is 7.67. The summed E-state index contributed by atoms with van der Waals surface area (Å²) >= 11 is 0. The van der Waals surface area contributed by atoms with Gasteiger partial charge in [-0.05, 0) is 94.3 Å². The number of nitrogens with two attached hydrogens (primary N) is 1. The first-order chi connectivity index (χ1) is 28.5. The number of carbonyl (C=O) groups is 3. The number of ether oxygens (including phenoxy) is 3. The number of allylic oxidation sites excluding steroid dienone is 1. The minimum Gasteiger partial charge on any atom is -0.504 e. The Morgan fingerprint density at radius 3 is 2.32 bits per heavy atom. The van der Waals surface area contributed by atoms with E-state index >= 15 is 0 Å². The summed E-state index contributed by atoms with van der Waals surface area (Å²) in [4.78, 5) is 42.9. The number of nitrogens with one attached hydrogen (secondary N) is 1. The van der Waals surface area contributed by atoms with Crippen molar-refractivity contribution in [2.45, 2.75) is 45.2 Å². The second-order valence-corrected chi connectivity index (χ2v) is 14.7. The molecule has 0 fully saturated rings. The molecule has 0 bridgehead atoms. The highest BCUT2D eigenvalue weighted by molar-refractivity contribution is 6.25. The van der Waals surface area contributed by atoms with Crippen LogP contribution in [0.3, 0.4) is 0 Å². The van der Waals surface area contributed by atoms with Gasteiger partial charge in [-0.15, -0.1) is 0 Å². The summed E-state index contributed by atoms with van der Waals surface area (Å²) in [5, 5.41) is 13.5. The van der Waals surface area contributed by atoms with E-state index in [1.165, 1.54) is 7.11 Å². The van der Waals surface area contributed by atoms with E-state index in [1.54, 1.807) is 50.6 Å². The standard InChI is InChI=1S/C49H51N3O7/c1-31-23-37(27-47(58-4)49(31)59-5)40(24-34-18-21-46(57-3)45(55)25-34)43(53)15-10-22-51-48(56)28-42-39-13-8-7-12-38(39)32(2)29-52(42)30-33-16-19-35(20-17-33)44(54)26-36-11-6-9-14-41(36)50/h6-9,11-14,16-21,23-25,27,42,55H,2,10,15,22,26,28-30,50H2,1,3-5H3,(H,51,56)/b40-24+. The molecule has 0 aliphatic carbocycles. The summed E-state index contributed by atoms with van der Waals surface area (Å²) in [5.41, 5.74) is 14.6. The van der Waals surface area contributed by atoms with Crippen molar-refractivity contribution >= 4 is 40.4 Å². The molecule has 1 atom stereocenters. The summed E-state index contributed by atoms with van der Waals surface area (Å²) in [6.07, 6.45) is 2.74. The van der Waals surface area contributed by atoms with E-state index in [4.69, 9.17) is 19.9 Å². The van der Waals surface area contributed by atoms with Crippen molar-refractivity contribution < 1.29 is 33.7 Å². The monoisotopic (exact) mass is 793 g/mol. The number of benzene rings is 5. The van der Waals surface area contributed by atoms with E-state index in [1.807, 2.05) is 79.7 Å². The maximum absolute atomic E-state index is 13.9. The van der Waals surface area contributed by atoms with Gasteiger partial charge in [-0.3, -0.25) is 19.3 Å². The molecule has 304 valence electrons. The SMILES string of the molecule is C=C1CN(Cc2ccc(C(=O)Cc3ccccc3N)cc2)C(CC(=O)NCCCC(=O)/C(=C/c2ccc(OC)c(O)c2)c2cc(C)c(OC)c(OC)c2)c2ccccc21. The van der Waals surface area contributed by atoms with Crippen LogP contribution in [0.1, 0.15) is 74.6 Å². The fourth-order valence-electron chi connectivity index (χ4n) is 7.61. The van der Waals surface area contributed by atoms with E-state index in [-0.39, 0.29) is 48.5 Å². The van der Waals surface area contributed by atoms with Crippen LogP contribution in [0.2, 0.25) is 0 Å². The third-order valence-electron chi connectivity index (χ3n) is 10.7. The second-order valence-electron chi connectivity index (χ2n) is 14.7. The molecule has 10 nitrogen and oxygen atoms in total. The Labute approximate surface area is 345 Å². The van der Waals surface area contributed by atoms with Gasteiger partial charge in [0.2, 0.25) is 5.91 Å². The predicted octanol–water partition coefficient (Wildman–Crippen LogP) is 8.40. The molecule has 5 aromatic rings. The van der Waals surface area contributed by atoms with E-state index in [0.717, 1.165) is 33.4 Å². The molecule has 0 aromatic heterocycles. The second kappa shape index (κ2) is 19.2. The normalized spacial score (nSPS) is 14.0. The van der Waals surface area contributed by atoms with Crippen LogP contribution in [-0.2, 0) is 22.6 Å². The lowest BCUT2D eigenvalue weighted by Crippen LogP contribution is -2.38. The molecule has 1 amide bonds. The van der Waals surface area contributed by atoms with Crippen LogP contribution in [-0.4, -0.2) is 61.9 Å². The first-order valence-electron chi connectivity index (χ1n) is 19.6. The Bertz CT molecular complexity index is 2380. The molecular weight excluding hydrogens is 743 g/mol. The Morgan fingerprint density at radius 1 is 0.881 bits per heavy atom. The van der Waals surface area contributed by atoms with Crippen LogP contribution in [0.5, 0.6) is 23.0 Å². The topological polar surface area (TPSA) is 140 Å². The number of hydrogen-bond acceptors (Lipinski definition) is 9. The molecule has 1 aliphatic rings. The van der Waals surface area contributed by atoms with Gasteiger partial charge in [-0.2, -0.15) is 0 Å². The van der Waals surface area contributed by atoms with Crippen LogP contribution < -0.4 is 25.3 Å². The number of nitrogen functional groups attached to an aromatic ring is 1. The van der Waals surface area contributed by atoms with Crippen molar-refractivity contribution in [3.05, 3.63) is 154 Å². The number of carbonyl (C=O) groups excluding carboxylic acids is 3. The number of aryl methyl sites for hydroxylation is 1. The number of methoxy groups -OCH3 is 3. The third kappa shape index (κ3) is 10.1. The maximum atomic E-state index is 13.9. The van der Waals surface area contributed by atoms with Gasteiger partial charge < -0.3 is 30.4 Å². The average molecular weight is 794 g/mol. The van der Waals surface area contributed by atoms with Gasteiger partial charge in [-0.1, -0.05) is 79.4 Å². The number of aromatic hydroxyl groups is 1. The summed E-state index contributed by atoms with van der Waals surface area (Å²) in [6, 6.07) is 31.4. The molecule has 0 radical (unpaired) electrons. The summed E-state index contributed by atoms with van der Waals surface area (Å²) in [5.74, 6) is 1.08. The Kier molecular flexibility index (Phi) is 13.7. The van der Waals surface area contributed by atoms with Crippen LogP contribution in [0.4, 0.5) is 5.69 Å². The molecule has 59 heavy (non-hydrogen) atoms. The smallest absolute Gasteiger partial charge is 0.221 e. The quantitative estimate of drug-likeness (QED) is 0.0278. The Morgan fingerprint density at radius 2 is 1.61 bits per heavy atom. The van der Waals surface area contributed by atoms with Crippen molar-refractivity contribution in [3.63, 3.8) is 0 Å². The van der Waals surface area contributed by atoms with Gasteiger partial charge >= 0.3 is 0 Å². The number of nitrogens with zero attached hydrogens (tertiary/aromatic N) is 1.